The van der Waals surface area contributed by atoms with Gasteiger partial charge in [-0.05, 0) is 37.6 Å². The van der Waals surface area contributed by atoms with Crippen LogP contribution >= 0.6 is 22.9 Å². The summed E-state index contributed by atoms with van der Waals surface area (Å²) in [5.41, 5.74) is 6.03. The number of carbonyl (C=O) groups is 3. The maximum atomic E-state index is 12.4. The molecular weight excluding hydrogens is 376 g/mol. The summed E-state index contributed by atoms with van der Waals surface area (Å²) in [7, 11) is 1.65. The van der Waals surface area contributed by atoms with Gasteiger partial charge in [-0.3, -0.25) is 19.3 Å². The second-order valence-corrected chi connectivity index (χ2v) is 6.96. The first kappa shape index (κ1) is 19.9. The molecule has 138 valence electrons. The molecule has 26 heavy (non-hydrogen) atoms. The van der Waals surface area contributed by atoms with E-state index in [1.54, 1.807) is 54.6 Å². The van der Waals surface area contributed by atoms with Gasteiger partial charge in [-0.15, -0.1) is 11.3 Å². The fourth-order valence-corrected chi connectivity index (χ4v) is 3.11. The molecule has 2 rings (SSSR count). The van der Waals surface area contributed by atoms with Crippen LogP contribution in [0.2, 0.25) is 5.02 Å². The maximum absolute atomic E-state index is 12.4. The van der Waals surface area contributed by atoms with Crippen molar-refractivity contribution >= 4 is 51.3 Å². The monoisotopic (exact) mass is 394 g/mol. The van der Waals surface area contributed by atoms with E-state index in [-0.39, 0.29) is 23.9 Å². The molecule has 1 aromatic heterocycles. The number of anilines is 2. The number of carbonyl (C=O) groups excluding carboxylic acids is 3. The quantitative estimate of drug-likeness (QED) is 0.670. The van der Waals surface area contributed by atoms with Crippen LogP contribution in [0.1, 0.15) is 17.3 Å². The first-order valence-electron chi connectivity index (χ1n) is 7.72. The smallest absolute Gasteiger partial charge is 0.251 e. The molecule has 1 heterocycles. The first-order valence-corrected chi connectivity index (χ1v) is 8.98. The van der Waals surface area contributed by atoms with Gasteiger partial charge in [0.1, 0.15) is 5.00 Å². The average molecular weight is 395 g/mol. The largest absolute Gasteiger partial charge is 0.366 e. The molecule has 0 radical (unpaired) electrons. The van der Waals surface area contributed by atoms with E-state index in [2.05, 4.69) is 10.6 Å². The van der Waals surface area contributed by atoms with Crippen LogP contribution in [0.3, 0.4) is 0 Å². The van der Waals surface area contributed by atoms with E-state index in [0.717, 1.165) is 0 Å². The molecule has 1 atom stereocenters. The van der Waals surface area contributed by atoms with E-state index in [1.807, 2.05) is 0 Å². The van der Waals surface area contributed by atoms with Crippen molar-refractivity contribution in [2.45, 2.75) is 13.0 Å². The number of hydrogen-bond acceptors (Lipinski definition) is 5. The fourth-order valence-electron chi connectivity index (χ4n) is 2.13. The Hall–Kier alpha value is -2.42. The van der Waals surface area contributed by atoms with Gasteiger partial charge in [-0.25, -0.2) is 0 Å². The number of hydrogen-bond donors (Lipinski definition) is 3. The second kappa shape index (κ2) is 8.79. The molecule has 0 saturated heterocycles. The normalized spacial score (nSPS) is 11.8. The van der Waals surface area contributed by atoms with E-state index < -0.39 is 11.9 Å². The van der Waals surface area contributed by atoms with Crippen molar-refractivity contribution < 1.29 is 14.4 Å². The summed E-state index contributed by atoms with van der Waals surface area (Å²) >= 11 is 7.22. The highest BCUT2D eigenvalue weighted by molar-refractivity contribution is 7.14. The summed E-state index contributed by atoms with van der Waals surface area (Å²) in [4.78, 5) is 37.4. The first-order chi connectivity index (χ1) is 12.3. The Morgan fingerprint density at radius 3 is 2.58 bits per heavy atom. The van der Waals surface area contributed by atoms with E-state index in [9.17, 15) is 14.4 Å². The number of amides is 3. The highest BCUT2D eigenvalue weighted by Gasteiger charge is 2.22. The van der Waals surface area contributed by atoms with E-state index >= 15 is 0 Å². The zero-order valence-corrected chi connectivity index (χ0v) is 15.9. The number of benzene rings is 1. The summed E-state index contributed by atoms with van der Waals surface area (Å²) in [5, 5.41) is 7.87. The molecule has 0 saturated carbocycles. The number of nitrogens with one attached hydrogen (secondary N) is 2. The Balaban J connectivity index is 1.93. The molecule has 2 aromatic rings. The fraction of sp³-hybridized carbons (Fsp3) is 0.235. The molecule has 3 amide bonds. The summed E-state index contributed by atoms with van der Waals surface area (Å²) in [6.45, 7) is 1.66. The molecule has 1 unspecified atom stereocenters. The van der Waals surface area contributed by atoms with E-state index in [1.165, 1.54) is 11.3 Å². The molecule has 0 fully saturated rings. The predicted molar refractivity (Wildman–Crippen MR) is 104 cm³/mol. The third-order valence-electron chi connectivity index (χ3n) is 3.75. The highest BCUT2D eigenvalue weighted by Crippen LogP contribution is 2.23. The zero-order chi connectivity index (χ0) is 19.3. The van der Waals surface area contributed by atoms with Crippen LogP contribution in [0.15, 0.2) is 35.7 Å². The molecule has 9 heteroatoms. The molecule has 0 spiro atoms. The molecule has 7 nitrogen and oxygen atoms in total. The standard InChI is InChI=1S/C17H19ClN4O3S/c1-10(16(25)21-17-11(15(19)24)7-8-26-17)22(2)9-14(23)20-13-6-4-3-5-12(13)18/h3-8,10H,9H2,1-2H3,(H2,19,24)(H,20,23)(H,21,25). The van der Waals surface area contributed by atoms with Gasteiger partial charge in [0.15, 0.2) is 0 Å². The second-order valence-electron chi connectivity index (χ2n) is 5.64. The average Bonchev–Trinajstić information content (AvgIpc) is 3.04. The number of primary amides is 1. The lowest BCUT2D eigenvalue weighted by atomic mass is 10.2. The van der Waals surface area contributed by atoms with E-state index in [4.69, 9.17) is 17.3 Å². The topological polar surface area (TPSA) is 105 Å². The molecule has 0 aliphatic heterocycles. The van der Waals surface area contributed by atoms with E-state index in [0.29, 0.717) is 15.7 Å². The molecule has 0 bridgehead atoms. The molecule has 1 aromatic carbocycles. The predicted octanol–water partition coefficient (Wildman–Crippen LogP) is 2.40. The Labute approximate surface area is 160 Å². The van der Waals surface area contributed by atoms with Gasteiger partial charge in [0, 0.05) is 0 Å². The Bertz CT molecular complexity index is 824. The number of rotatable bonds is 7. The molecule has 4 N–H and O–H groups in total. The Morgan fingerprint density at radius 1 is 1.23 bits per heavy atom. The van der Waals surface area contributed by atoms with Gasteiger partial charge in [-0.1, -0.05) is 23.7 Å². The van der Waals surface area contributed by atoms with Gasteiger partial charge < -0.3 is 16.4 Å². The Kier molecular flexibility index (Phi) is 6.73. The highest BCUT2D eigenvalue weighted by atomic mass is 35.5. The number of nitrogens with zero attached hydrogens (tertiary/aromatic N) is 1. The zero-order valence-electron chi connectivity index (χ0n) is 14.3. The van der Waals surface area contributed by atoms with Gasteiger partial charge in [-0.2, -0.15) is 0 Å². The van der Waals surface area contributed by atoms with Gasteiger partial charge in [0.2, 0.25) is 11.8 Å². The summed E-state index contributed by atoms with van der Waals surface area (Å²) < 4.78 is 0. The van der Waals surface area contributed by atoms with Crippen molar-refractivity contribution in [1.82, 2.24) is 4.90 Å². The van der Waals surface area contributed by atoms with Crippen molar-refractivity contribution in [3.63, 3.8) is 0 Å². The van der Waals surface area contributed by atoms with Crippen LogP contribution in [-0.2, 0) is 9.59 Å². The third-order valence-corrected chi connectivity index (χ3v) is 4.91. The number of para-hydroxylation sites is 1. The molecule has 0 aliphatic rings. The lowest BCUT2D eigenvalue weighted by Crippen LogP contribution is -2.43. The molecular formula is C17H19ClN4O3S. The van der Waals surface area contributed by atoms with Gasteiger partial charge in [0.05, 0.1) is 28.9 Å². The summed E-state index contributed by atoms with van der Waals surface area (Å²) in [6.07, 6.45) is 0. The van der Waals surface area contributed by atoms with Crippen molar-refractivity contribution in [3.05, 3.63) is 46.3 Å². The lowest BCUT2D eigenvalue weighted by molar-refractivity contribution is -0.122. The van der Waals surface area contributed by atoms with Crippen molar-refractivity contribution in [2.24, 2.45) is 5.73 Å². The number of likely N-dealkylation sites (N-methyl/N-ethyl adjacent to an activating group) is 1. The number of thiophene rings is 1. The third kappa shape index (κ3) is 5.04. The van der Waals surface area contributed by atoms with Crippen LogP contribution in [0.4, 0.5) is 10.7 Å². The van der Waals surface area contributed by atoms with Crippen LogP contribution < -0.4 is 16.4 Å². The van der Waals surface area contributed by atoms with Crippen molar-refractivity contribution in [2.75, 3.05) is 24.2 Å². The summed E-state index contributed by atoms with van der Waals surface area (Å²) in [6, 6.07) is 7.84. The van der Waals surface area contributed by atoms with Crippen LogP contribution in [-0.4, -0.2) is 42.3 Å². The molecule has 0 aliphatic carbocycles. The van der Waals surface area contributed by atoms with Crippen LogP contribution in [0, 0.1) is 0 Å². The minimum atomic E-state index is -0.610. The van der Waals surface area contributed by atoms with Crippen molar-refractivity contribution in [1.29, 1.82) is 0 Å². The maximum Gasteiger partial charge on any atom is 0.251 e. The minimum Gasteiger partial charge on any atom is -0.366 e. The van der Waals surface area contributed by atoms with Crippen LogP contribution in [0.25, 0.3) is 0 Å². The number of nitrogens with two attached hydrogens (primary N) is 1. The summed E-state index contributed by atoms with van der Waals surface area (Å²) in [5.74, 6) is -1.25. The lowest BCUT2D eigenvalue weighted by Gasteiger charge is -2.23. The van der Waals surface area contributed by atoms with Gasteiger partial charge >= 0.3 is 0 Å². The van der Waals surface area contributed by atoms with Crippen LogP contribution in [0.5, 0.6) is 0 Å². The number of halogens is 1. The SMILES string of the molecule is CC(C(=O)Nc1sccc1C(N)=O)N(C)CC(=O)Nc1ccccc1Cl. The Morgan fingerprint density at radius 2 is 1.92 bits per heavy atom. The van der Waals surface area contributed by atoms with Gasteiger partial charge in [0.25, 0.3) is 5.91 Å². The van der Waals surface area contributed by atoms with Crippen molar-refractivity contribution in [3.8, 4) is 0 Å². The minimum absolute atomic E-state index is 0.00702.